The molecule has 0 aliphatic carbocycles. The lowest BCUT2D eigenvalue weighted by atomic mass is 9.80. The summed E-state index contributed by atoms with van der Waals surface area (Å²) in [5, 5.41) is 0.732. The molecule has 1 amide bonds. The third kappa shape index (κ3) is 4.68. The van der Waals surface area contributed by atoms with Crippen molar-refractivity contribution in [2.24, 2.45) is 5.41 Å². The van der Waals surface area contributed by atoms with Gasteiger partial charge in [0.05, 0.1) is 10.4 Å². The van der Waals surface area contributed by atoms with Gasteiger partial charge in [0.15, 0.2) is 21.5 Å². The van der Waals surface area contributed by atoms with Crippen LogP contribution >= 0.6 is 0 Å². The van der Waals surface area contributed by atoms with Crippen LogP contribution < -0.4 is 4.90 Å². The largest absolute Gasteiger partial charge is 0.358 e. The summed E-state index contributed by atoms with van der Waals surface area (Å²) in [5.74, 6) is -1.42. The molecule has 0 saturated carbocycles. The molecule has 1 N–H and O–H groups in total. The van der Waals surface area contributed by atoms with Crippen LogP contribution in [0.15, 0.2) is 41.4 Å². The molecule has 198 valence electrons. The fraction of sp³-hybridized carbons (Fsp3) is 0.464. The van der Waals surface area contributed by atoms with E-state index in [1.807, 2.05) is 13.8 Å². The van der Waals surface area contributed by atoms with Gasteiger partial charge in [-0.3, -0.25) is 9.69 Å². The Morgan fingerprint density at radius 2 is 1.89 bits per heavy atom. The molecule has 0 unspecified atom stereocenters. The number of rotatable bonds is 5. The van der Waals surface area contributed by atoms with Crippen molar-refractivity contribution in [2.45, 2.75) is 56.9 Å². The Balaban J connectivity index is 1.31. The average Bonchev–Trinajstić information content (AvgIpc) is 3.26. The Labute approximate surface area is 216 Å². The molecule has 0 bridgehead atoms. The molecule has 0 radical (unpaired) electrons. The molecule has 1 aromatic heterocycles. The van der Waals surface area contributed by atoms with E-state index in [-0.39, 0.29) is 28.3 Å². The standard InChI is InChI=1S/C28H33F2N3O3S/c1-17-13-18(22-16-31-26-21(22)6-7-23(29)25(26)30)9-10-32(17)11-12-33-24-8-5-20(37(4,35)36)14-19(24)15-28(2,3)27(33)34/h5-8,14,16-18,31H,9-13,15H2,1-4H3/t17-,18+/m1/s1. The minimum Gasteiger partial charge on any atom is -0.358 e. The van der Waals surface area contributed by atoms with E-state index in [1.54, 1.807) is 35.4 Å². The molecule has 2 aliphatic heterocycles. The number of carbonyl (C=O) groups is 1. The van der Waals surface area contributed by atoms with Crippen molar-refractivity contribution >= 4 is 32.3 Å². The fourth-order valence-corrected chi connectivity index (χ4v) is 6.68. The molecule has 37 heavy (non-hydrogen) atoms. The van der Waals surface area contributed by atoms with E-state index in [9.17, 15) is 22.0 Å². The van der Waals surface area contributed by atoms with Gasteiger partial charge in [-0.15, -0.1) is 0 Å². The van der Waals surface area contributed by atoms with Crippen LogP contribution in [0.4, 0.5) is 14.5 Å². The molecule has 2 atom stereocenters. The van der Waals surface area contributed by atoms with Crippen molar-refractivity contribution in [3.8, 4) is 0 Å². The summed E-state index contributed by atoms with van der Waals surface area (Å²) in [6.07, 6.45) is 5.25. The molecule has 1 saturated heterocycles. The molecular formula is C28H33F2N3O3S. The van der Waals surface area contributed by atoms with Crippen LogP contribution in [-0.4, -0.2) is 56.1 Å². The number of anilines is 1. The molecular weight excluding hydrogens is 496 g/mol. The van der Waals surface area contributed by atoms with E-state index in [2.05, 4.69) is 16.8 Å². The summed E-state index contributed by atoms with van der Waals surface area (Å²) in [6, 6.07) is 8.11. The van der Waals surface area contributed by atoms with E-state index >= 15 is 0 Å². The van der Waals surface area contributed by atoms with Gasteiger partial charge >= 0.3 is 0 Å². The highest BCUT2D eigenvalue weighted by Gasteiger charge is 2.39. The van der Waals surface area contributed by atoms with Crippen LogP contribution in [0.1, 0.15) is 50.7 Å². The number of carbonyl (C=O) groups excluding carboxylic acids is 1. The predicted octanol–water partition coefficient (Wildman–Crippen LogP) is 5.03. The summed E-state index contributed by atoms with van der Waals surface area (Å²) in [4.78, 5) is 20.7. The first-order valence-electron chi connectivity index (χ1n) is 12.7. The number of piperidine rings is 1. The zero-order valence-electron chi connectivity index (χ0n) is 21.6. The molecule has 9 heteroatoms. The lowest BCUT2D eigenvalue weighted by molar-refractivity contribution is -0.127. The Morgan fingerprint density at radius 1 is 1.14 bits per heavy atom. The zero-order chi connectivity index (χ0) is 26.7. The Kier molecular flexibility index (Phi) is 6.43. The van der Waals surface area contributed by atoms with E-state index in [4.69, 9.17) is 0 Å². The molecule has 0 spiro atoms. The average molecular weight is 530 g/mol. The Bertz CT molecular complexity index is 1480. The van der Waals surface area contributed by atoms with Gasteiger partial charge in [-0.2, -0.15) is 0 Å². The van der Waals surface area contributed by atoms with Crippen LogP contribution in [0.3, 0.4) is 0 Å². The number of benzene rings is 2. The van der Waals surface area contributed by atoms with E-state index in [0.29, 0.717) is 19.5 Å². The molecule has 5 rings (SSSR count). The summed E-state index contributed by atoms with van der Waals surface area (Å²) in [5.41, 5.74) is 2.28. The number of fused-ring (bicyclic) bond motifs is 2. The second-order valence-electron chi connectivity index (χ2n) is 11.2. The topological polar surface area (TPSA) is 73.5 Å². The summed E-state index contributed by atoms with van der Waals surface area (Å²) >= 11 is 0. The van der Waals surface area contributed by atoms with E-state index in [1.165, 1.54) is 12.3 Å². The van der Waals surface area contributed by atoms with Crippen LogP contribution in [0, 0.1) is 17.0 Å². The zero-order valence-corrected chi connectivity index (χ0v) is 22.5. The van der Waals surface area contributed by atoms with Gasteiger partial charge in [0, 0.05) is 48.1 Å². The number of halogens is 2. The summed E-state index contributed by atoms with van der Waals surface area (Å²) in [7, 11) is -3.34. The number of nitrogens with one attached hydrogen (secondary N) is 1. The second-order valence-corrected chi connectivity index (χ2v) is 13.2. The quantitative estimate of drug-likeness (QED) is 0.503. The number of H-pyrrole nitrogens is 1. The van der Waals surface area contributed by atoms with Crippen molar-refractivity contribution in [2.75, 3.05) is 30.8 Å². The lowest BCUT2D eigenvalue weighted by Crippen LogP contribution is -2.50. The van der Waals surface area contributed by atoms with Crippen molar-refractivity contribution < 1.29 is 22.0 Å². The minimum atomic E-state index is -3.34. The smallest absolute Gasteiger partial charge is 0.233 e. The Morgan fingerprint density at radius 3 is 2.59 bits per heavy atom. The summed E-state index contributed by atoms with van der Waals surface area (Å²) < 4.78 is 52.0. The third-order valence-corrected chi connectivity index (χ3v) is 9.18. The fourth-order valence-electron chi connectivity index (χ4n) is 6.01. The van der Waals surface area contributed by atoms with Crippen LogP contribution in [0.2, 0.25) is 0 Å². The van der Waals surface area contributed by atoms with Crippen LogP contribution in [0.25, 0.3) is 10.9 Å². The highest BCUT2D eigenvalue weighted by molar-refractivity contribution is 7.90. The lowest BCUT2D eigenvalue weighted by Gasteiger charge is -2.42. The van der Waals surface area contributed by atoms with E-state index in [0.717, 1.165) is 41.6 Å². The normalized spacial score (nSPS) is 22.4. The van der Waals surface area contributed by atoms with Gasteiger partial charge in [0.2, 0.25) is 5.91 Å². The van der Waals surface area contributed by atoms with Crippen molar-refractivity contribution in [1.29, 1.82) is 0 Å². The molecule has 6 nitrogen and oxygen atoms in total. The number of aromatic amines is 1. The van der Waals surface area contributed by atoms with Crippen LogP contribution in [-0.2, 0) is 21.1 Å². The first-order chi connectivity index (χ1) is 17.4. The maximum absolute atomic E-state index is 14.2. The van der Waals surface area contributed by atoms with Crippen molar-refractivity contribution in [3.63, 3.8) is 0 Å². The molecule has 1 fully saturated rings. The highest BCUT2D eigenvalue weighted by atomic mass is 32.2. The van der Waals surface area contributed by atoms with Crippen molar-refractivity contribution in [1.82, 2.24) is 9.88 Å². The SMILES string of the molecule is C[C@@H]1C[C@@H](c2c[nH]c3c(F)c(F)ccc23)CCN1CCN1C(=O)C(C)(C)Cc2cc(S(C)(=O)=O)ccc21. The monoisotopic (exact) mass is 529 g/mol. The van der Waals surface area contributed by atoms with Gasteiger partial charge in [-0.1, -0.05) is 13.8 Å². The number of sulfone groups is 1. The third-order valence-electron chi connectivity index (χ3n) is 8.07. The number of amides is 1. The molecule has 3 heterocycles. The van der Waals surface area contributed by atoms with E-state index < -0.39 is 26.9 Å². The number of hydrogen-bond acceptors (Lipinski definition) is 4. The first-order valence-corrected chi connectivity index (χ1v) is 14.6. The number of hydrogen-bond donors (Lipinski definition) is 1. The number of aromatic nitrogens is 1. The van der Waals surface area contributed by atoms with Crippen molar-refractivity contribution in [3.05, 3.63) is 59.3 Å². The number of likely N-dealkylation sites (tertiary alicyclic amines) is 1. The van der Waals surface area contributed by atoms with Crippen LogP contribution in [0.5, 0.6) is 0 Å². The maximum Gasteiger partial charge on any atom is 0.233 e. The molecule has 2 aliphatic rings. The summed E-state index contributed by atoms with van der Waals surface area (Å²) in [6.45, 7) is 8.00. The second kappa shape index (κ2) is 9.20. The van der Waals surface area contributed by atoms with Gasteiger partial charge < -0.3 is 9.88 Å². The highest BCUT2D eigenvalue weighted by Crippen LogP contribution is 2.39. The Hall–Kier alpha value is -2.78. The minimum absolute atomic E-state index is 0.0442. The molecule has 2 aromatic carbocycles. The first kappa shape index (κ1) is 25.9. The maximum atomic E-state index is 14.2. The number of nitrogens with zero attached hydrogens (tertiary/aromatic N) is 2. The van der Waals surface area contributed by atoms with Gasteiger partial charge in [0.1, 0.15) is 0 Å². The van der Waals surface area contributed by atoms with Gasteiger partial charge in [-0.05, 0) is 80.1 Å². The van der Waals surface area contributed by atoms with Gasteiger partial charge in [0.25, 0.3) is 0 Å². The molecule has 3 aromatic rings. The van der Waals surface area contributed by atoms with Gasteiger partial charge in [-0.25, -0.2) is 17.2 Å². The predicted molar refractivity (Wildman–Crippen MR) is 141 cm³/mol.